The van der Waals surface area contributed by atoms with Crippen LogP contribution in [0.2, 0.25) is 0 Å². The van der Waals surface area contributed by atoms with Crippen molar-refractivity contribution in [3.63, 3.8) is 0 Å². The Bertz CT molecular complexity index is 536. The van der Waals surface area contributed by atoms with E-state index in [0.29, 0.717) is 0 Å². The molecule has 124 valence electrons. The first-order valence-corrected chi connectivity index (χ1v) is 5.22. The van der Waals surface area contributed by atoms with Crippen molar-refractivity contribution in [3.05, 3.63) is 30.3 Å². The zero-order valence-corrected chi connectivity index (χ0v) is 10.1. The normalized spacial score (nSPS) is 13.9. The molecule has 0 aliphatic heterocycles. The second-order valence-electron chi connectivity index (χ2n) is 3.92. The van der Waals surface area contributed by atoms with Crippen molar-refractivity contribution in [2.75, 3.05) is 0 Å². The van der Waals surface area contributed by atoms with Crippen molar-refractivity contribution in [2.45, 2.75) is 23.9 Å². The fourth-order valence-electron chi connectivity index (χ4n) is 1.16. The monoisotopic (exact) mass is 340 g/mol. The molecule has 0 bridgehead atoms. The molecule has 0 heterocycles. The second-order valence-corrected chi connectivity index (χ2v) is 3.92. The van der Waals surface area contributed by atoms with E-state index < -0.39 is 35.7 Å². The molecule has 22 heavy (non-hydrogen) atoms. The van der Waals surface area contributed by atoms with Crippen molar-refractivity contribution in [2.24, 2.45) is 0 Å². The first-order chi connectivity index (χ1) is 9.75. The maximum absolute atomic E-state index is 13.1. The van der Waals surface area contributed by atoms with Crippen LogP contribution in [0.1, 0.15) is 0 Å². The molecule has 0 aromatic heterocycles. The zero-order valence-electron chi connectivity index (χ0n) is 10.1. The summed E-state index contributed by atoms with van der Waals surface area (Å²) < 4.78 is 116. The lowest BCUT2D eigenvalue weighted by molar-refractivity contribution is -0.390. The number of ether oxygens (including phenoxy) is 1. The van der Waals surface area contributed by atoms with Crippen LogP contribution in [-0.4, -0.2) is 29.9 Å². The van der Waals surface area contributed by atoms with Gasteiger partial charge in [-0.1, -0.05) is 18.2 Å². The molecule has 2 nitrogen and oxygen atoms in total. The van der Waals surface area contributed by atoms with Gasteiger partial charge in [-0.15, -0.1) is 0 Å². The Balaban J connectivity index is 3.13. The van der Waals surface area contributed by atoms with Crippen LogP contribution in [0.15, 0.2) is 30.3 Å². The first-order valence-electron chi connectivity index (χ1n) is 5.22. The van der Waals surface area contributed by atoms with Gasteiger partial charge in [-0.25, -0.2) is 4.79 Å². The molecule has 0 fully saturated rings. The molecule has 0 aliphatic rings. The number of carbonyl (C=O) groups excluding carboxylic acids is 1. The summed E-state index contributed by atoms with van der Waals surface area (Å²) in [7, 11) is 0. The van der Waals surface area contributed by atoms with Gasteiger partial charge >= 0.3 is 29.9 Å². The Morgan fingerprint density at radius 3 is 1.64 bits per heavy atom. The van der Waals surface area contributed by atoms with Gasteiger partial charge in [0.05, 0.1) is 0 Å². The second kappa shape index (κ2) is 5.36. The molecule has 0 radical (unpaired) electrons. The van der Waals surface area contributed by atoms with Crippen LogP contribution in [-0.2, 0) is 4.79 Å². The minimum absolute atomic E-state index is 0.738. The van der Waals surface area contributed by atoms with E-state index in [1.165, 1.54) is 6.07 Å². The molecule has 1 aromatic rings. The van der Waals surface area contributed by atoms with Crippen molar-refractivity contribution >= 4 is 5.97 Å². The maximum Gasteiger partial charge on any atom is 0.460 e. The highest BCUT2D eigenvalue weighted by molar-refractivity contribution is 5.81. The highest BCUT2D eigenvalue weighted by Gasteiger charge is 2.84. The average Bonchev–Trinajstić information content (AvgIpc) is 2.38. The minimum atomic E-state index is -7.14. The Morgan fingerprint density at radius 1 is 0.773 bits per heavy atom. The van der Waals surface area contributed by atoms with E-state index in [-0.39, 0.29) is 0 Å². The maximum atomic E-state index is 13.1. The van der Waals surface area contributed by atoms with E-state index in [2.05, 4.69) is 4.74 Å². The SMILES string of the molecule is O=C(Oc1ccccc1)C(F)(F)C(F)(F)C(F)(F)C(F)(F)F. The highest BCUT2D eigenvalue weighted by Crippen LogP contribution is 2.53. The van der Waals surface area contributed by atoms with Crippen LogP contribution in [0, 0.1) is 0 Å². The molecule has 0 spiro atoms. The Morgan fingerprint density at radius 2 is 1.23 bits per heavy atom. The van der Waals surface area contributed by atoms with Crippen LogP contribution in [0.25, 0.3) is 0 Å². The number of alkyl halides is 9. The molecular formula is C11H5F9O2. The summed E-state index contributed by atoms with van der Waals surface area (Å²) in [5.41, 5.74) is 0. The van der Waals surface area contributed by atoms with Crippen molar-refractivity contribution in [1.82, 2.24) is 0 Å². The van der Waals surface area contributed by atoms with Gasteiger partial charge in [0.15, 0.2) is 0 Å². The molecule has 0 unspecified atom stereocenters. The van der Waals surface area contributed by atoms with Gasteiger partial charge in [0.2, 0.25) is 0 Å². The number of carbonyl (C=O) groups is 1. The van der Waals surface area contributed by atoms with Gasteiger partial charge in [-0.3, -0.25) is 0 Å². The third kappa shape index (κ3) is 2.83. The summed E-state index contributed by atoms with van der Waals surface area (Å²) in [5, 5.41) is 0. The highest BCUT2D eigenvalue weighted by atomic mass is 19.4. The lowest BCUT2D eigenvalue weighted by Gasteiger charge is -2.32. The number of rotatable bonds is 4. The van der Waals surface area contributed by atoms with Crippen LogP contribution in [0.3, 0.4) is 0 Å². The van der Waals surface area contributed by atoms with Crippen molar-refractivity contribution in [1.29, 1.82) is 0 Å². The number of para-hydroxylation sites is 1. The number of benzene rings is 1. The Labute approximate surface area is 116 Å². The van der Waals surface area contributed by atoms with Gasteiger partial charge < -0.3 is 4.74 Å². The predicted molar refractivity (Wildman–Crippen MR) is 53.0 cm³/mol. The number of halogens is 9. The minimum Gasteiger partial charge on any atom is -0.422 e. The van der Waals surface area contributed by atoms with Crippen LogP contribution >= 0.6 is 0 Å². The van der Waals surface area contributed by atoms with Crippen LogP contribution in [0.5, 0.6) is 5.75 Å². The van der Waals surface area contributed by atoms with Gasteiger partial charge in [-0.05, 0) is 12.1 Å². The van der Waals surface area contributed by atoms with Crippen molar-refractivity contribution in [3.8, 4) is 5.75 Å². The van der Waals surface area contributed by atoms with E-state index >= 15 is 0 Å². The molecule has 0 saturated heterocycles. The molecule has 1 rings (SSSR count). The average molecular weight is 340 g/mol. The fourth-order valence-corrected chi connectivity index (χ4v) is 1.16. The standard InChI is InChI=1S/C11H5F9O2/c12-8(13,7(21)22-6-4-2-1-3-5-6)9(14,15)10(16,17)11(18,19)20/h1-5H. The van der Waals surface area contributed by atoms with Gasteiger partial charge in [-0.2, -0.15) is 39.5 Å². The lowest BCUT2D eigenvalue weighted by atomic mass is 10.0. The molecule has 11 heteroatoms. The molecular weight excluding hydrogens is 335 g/mol. The Kier molecular flexibility index (Phi) is 4.41. The van der Waals surface area contributed by atoms with Gasteiger partial charge in [0, 0.05) is 0 Å². The van der Waals surface area contributed by atoms with Gasteiger partial charge in [0.25, 0.3) is 0 Å². The third-order valence-corrected chi connectivity index (χ3v) is 2.35. The van der Waals surface area contributed by atoms with Crippen LogP contribution < -0.4 is 4.74 Å². The number of esters is 1. The van der Waals surface area contributed by atoms with E-state index in [9.17, 15) is 44.3 Å². The fraction of sp³-hybridized carbons (Fsp3) is 0.364. The topological polar surface area (TPSA) is 26.3 Å². The van der Waals surface area contributed by atoms with Crippen LogP contribution in [0.4, 0.5) is 39.5 Å². The molecule has 0 N–H and O–H groups in total. The summed E-state index contributed by atoms with van der Waals surface area (Å²) in [4.78, 5) is 10.9. The van der Waals surface area contributed by atoms with Gasteiger partial charge in [0.1, 0.15) is 5.75 Å². The Hall–Kier alpha value is -1.94. The summed E-state index contributed by atoms with van der Waals surface area (Å²) >= 11 is 0. The largest absolute Gasteiger partial charge is 0.460 e. The summed E-state index contributed by atoms with van der Waals surface area (Å²) in [6.45, 7) is 0. The lowest BCUT2D eigenvalue weighted by Crippen LogP contribution is -2.64. The number of hydrogen-bond donors (Lipinski definition) is 0. The first kappa shape index (κ1) is 18.1. The smallest absolute Gasteiger partial charge is 0.422 e. The van der Waals surface area contributed by atoms with E-state index in [4.69, 9.17) is 0 Å². The van der Waals surface area contributed by atoms with E-state index in [1.807, 2.05) is 0 Å². The zero-order chi connectivity index (χ0) is 17.4. The number of hydrogen-bond acceptors (Lipinski definition) is 2. The predicted octanol–water partition coefficient (Wildman–Crippen LogP) is 4.06. The quantitative estimate of drug-likeness (QED) is 0.469. The van der Waals surface area contributed by atoms with Crippen molar-refractivity contribution < 1.29 is 49.0 Å². The van der Waals surface area contributed by atoms with E-state index in [0.717, 1.165) is 24.3 Å². The molecule has 0 amide bonds. The summed E-state index contributed by atoms with van der Waals surface area (Å²) in [6.07, 6.45) is -6.99. The molecule has 0 aliphatic carbocycles. The summed E-state index contributed by atoms with van der Waals surface area (Å²) in [6, 6.07) is 5.19. The molecule has 0 atom stereocenters. The molecule has 1 aromatic carbocycles. The third-order valence-electron chi connectivity index (χ3n) is 2.35. The summed E-state index contributed by atoms with van der Waals surface area (Å²) in [5.74, 6) is -24.6. The molecule has 0 saturated carbocycles. The van der Waals surface area contributed by atoms with E-state index in [1.54, 1.807) is 0 Å².